The number of rotatable bonds is 3. The number of aliphatic hydroxyl groups excluding tert-OH is 1. The maximum absolute atomic E-state index is 13.4. The number of aromatic nitrogens is 1. The summed E-state index contributed by atoms with van der Waals surface area (Å²) < 4.78 is 64.0. The summed E-state index contributed by atoms with van der Waals surface area (Å²) >= 11 is 0. The van der Waals surface area contributed by atoms with E-state index in [0.717, 1.165) is 24.3 Å². The second kappa shape index (κ2) is 5.77. The van der Waals surface area contributed by atoms with Crippen LogP contribution in [-0.4, -0.2) is 10.1 Å². The molecule has 2 nitrogen and oxygen atoms in total. The first-order valence-corrected chi connectivity index (χ1v) is 5.93. The van der Waals surface area contributed by atoms with Crippen LogP contribution >= 0.6 is 0 Å². The van der Waals surface area contributed by atoms with Gasteiger partial charge in [0, 0.05) is 18.2 Å². The molecule has 0 saturated heterocycles. The smallest absolute Gasteiger partial charge is 0.386 e. The Labute approximate surface area is 116 Å². The van der Waals surface area contributed by atoms with E-state index in [0.29, 0.717) is 6.20 Å². The highest BCUT2D eigenvalue weighted by Gasteiger charge is 2.31. The van der Waals surface area contributed by atoms with Gasteiger partial charge in [0.05, 0.1) is 11.3 Å². The largest absolute Gasteiger partial charge is 0.417 e. The normalized spacial score (nSPS) is 13.2. The van der Waals surface area contributed by atoms with E-state index in [1.807, 2.05) is 0 Å². The molecule has 2 rings (SSSR count). The molecule has 1 atom stereocenters. The Morgan fingerprint density at radius 3 is 2.14 bits per heavy atom. The number of hydrogen-bond donors (Lipinski definition) is 1. The molecule has 0 aliphatic heterocycles. The van der Waals surface area contributed by atoms with Crippen molar-refractivity contribution in [3.8, 4) is 0 Å². The van der Waals surface area contributed by atoms with Crippen molar-refractivity contribution in [1.82, 2.24) is 4.98 Å². The van der Waals surface area contributed by atoms with Crippen molar-refractivity contribution in [3.63, 3.8) is 0 Å². The predicted octanol–water partition coefficient (Wildman–Crippen LogP) is 3.65. The van der Waals surface area contributed by atoms with Gasteiger partial charge in [-0.25, -0.2) is 8.78 Å². The molecule has 0 spiro atoms. The lowest BCUT2D eigenvalue weighted by atomic mass is 10.0. The average molecular weight is 303 g/mol. The minimum Gasteiger partial charge on any atom is -0.386 e. The Bertz CT molecular complexity index is 604. The van der Waals surface area contributed by atoms with Gasteiger partial charge in [-0.15, -0.1) is 0 Å². The van der Waals surface area contributed by atoms with E-state index in [-0.39, 0.29) is 11.3 Å². The fourth-order valence-corrected chi connectivity index (χ4v) is 1.80. The van der Waals surface area contributed by atoms with Crippen molar-refractivity contribution in [3.05, 3.63) is 65.0 Å². The van der Waals surface area contributed by atoms with E-state index in [4.69, 9.17) is 0 Å². The lowest BCUT2D eigenvalue weighted by molar-refractivity contribution is -0.137. The molecule has 1 unspecified atom stereocenters. The Morgan fingerprint density at radius 1 is 1.05 bits per heavy atom. The third kappa shape index (κ3) is 3.55. The average Bonchev–Trinajstić information content (AvgIpc) is 2.42. The van der Waals surface area contributed by atoms with Gasteiger partial charge < -0.3 is 5.11 Å². The first-order chi connectivity index (χ1) is 9.79. The quantitative estimate of drug-likeness (QED) is 0.878. The van der Waals surface area contributed by atoms with Crippen molar-refractivity contribution >= 4 is 0 Å². The van der Waals surface area contributed by atoms with E-state index in [9.17, 15) is 27.1 Å². The summed E-state index contributed by atoms with van der Waals surface area (Å²) in [6.07, 6.45) is -5.79. The maximum Gasteiger partial charge on any atom is 0.417 e. The first kappa shape index (κ1) is 15.4. The lowest BCUT2D eigenvalue weighted by Crippen LogP contribution is -2.10. The van der Waals surface area contributed by atoms with Gasteiger partial charge in [-0.3, -0.25) is 4.98 Å². The van der Waals surface area contributed by atoms with Crippen molar-refractivity contribution in [2.45, 2.75) is 18.7 Å². The summed E-state index contributed by atoms with van der Waals surface area (Å²) in [7, 11) is 0. The summed E-state index contributed by atoms with van der Waals surface area (Å²) in [5.74, 6) is -1.66. The molecular weight excluding hydrogens is 293 g/mol. The molecule has 1 N–H and O–H groups in total. The molecular formula is C14H10F5NO. The van der Waals surface area contributed by atoms with Gasteiger partial charge in [0.25, 0.3) is 0 Å². The number of nitrogens with zero attached hydrogens (tertiary/aromatic N) is 1. The molecule has 2 aromatic rings. The van der Waals surface area contributed by atoms with Crippen molar-refractivity contribution in [2.75, 3.05) is 0 Å². The summed E-state index contributed by atoms with van der Waals surface area (Å²) in [6, 6.07) is 4.98. The fourth-order valence-electron chi connectivity index (χ4n) is 1.80. The molecule has 0 radical (unpaired) electrons. The fraction of sp³-hybridized carbons (Fsp3) is 0.214. The summed E-state index contributed by atoms with van der Waals surface area (Å²) in [5, 5.41) is 9.84. The number of halogens is 5. The van der Waals surface area contributed by atoms with Gasteiger partial charge in [-0.05, 0) is 24.3 Å². The van der Waals surface area contributed by atoms with E-state index in [1.54, 1.807) is 0 Å². The molecule has 0 saturated carbocycles. The predicted molar refractivity (Wildman–Crippen MR) is 64.3 cm³/mol. The topological polar surface area (TPSA) is 33.1 Å². The molecule has 112 valence electrons. The Hall–Kier alpha value is -2.02. The molecule has 0 amide bonds. The highest BCUT2D eigenvalue weighted by molar-refractivity contribution is 5.23. The summed E-state index contributed by atoms with van der Waals surface area (Å²) in [6.45, 7) is 0. The van der Waals surface area contributed by atoms with Crippen LogP contribution in [0.15, 0.2) is 36.5 Å². The minimum absolute atomic E-state index is 0.0920. The van der Waals surface area contributed by atoms with Crippen LogP contribution in [0.1, 0.15) is 22.9 Å². The van der Waals surface area contributed by atoms with Gasteiger partial charge in [0.2, 0.25) is 0 Å². The molecule has 21 heavy (non-hydrogen) atoms. The zero-order chi connectivity index (χ0) is 15.6. The minimum atomic E-state index is -4.53. The zero-order valence-electron chi connectivity index (χ0n) is 10.5. The van der Waals surface area contributed by atoms with Gasteiger partial charge in [-0.1, -0.05) is 6.07 Å². The van der Waals surface area contributed by atoms with Crippen LogP contribution in [0, 0.1) is 11.6 Å². The third-order valence-electron chi connectivity index (χ3n) is 2.91. The highest BCUT2D eigenvalue weighted by atomic mass is 19.4. The van der Waals surface area contributed by atoms with Gasteiger partial charge >= 0.3 is 6.18 Å². The highest BCUT2D eigenvalue weighted by Crippen LogP contribution is 2.29. The molecule has 1 aromatic heterocycles. The molecule has 0 aliphatic carbocycles. The second-order valence-electron chi connectivity index (χ2n) is 4.39. The Morgan fingerprint density at radius 2 is 1.67 bits per heavy atom. The monoisotopic (exact) mass is 303 g/mol. The van der Waals surface area contributed by atoms with Crippen LogP contribution < -0.4 is 0 Å². The lowest BCUT2D eigenvalue weighted by Gasteiger charge is -2.13. The SMILES string of the molecule is OC(Cc1c(F)cccc1F)c1ccc(C(F)(F)F)cn1. The second-order valence-corrected chi connectivity index (χ2v) is 4.39. The first-order valence-electron chi connectivity index (χ1n) is 5.93. The third-order valence-corrected chi connectivity index (χ3v) is 2.91. The zero-order valence-corrected chi connectivity index (χ0v) is 10.5. The van der Waals surface area contributed by atoms with Crippen LogP contribution in [0.4, 0.5) is 22.0 Å². The maximum atomic E-state index is 13.4. The molecule has 0 bridgehead atoms. The number of benzene rings is 1. The number of pyridine rings is 1. The van der Waals surface area contributed by atoms with Crippen molar-refractivity contribution < 1.29 is 27.1 Å². The van der Waals surface area contributed by atoms with Crippen LogP contribution in [-0.2, 0) is 12.6 Å². The van der Waals surface area contributed by atoms with Gasteiger partial charge in [0.1, 0.15) is 17.7 Å². The molecule has 1 heterocycles. The van der Waals surface area contributed by atoms with E-state index in [2.05, 4.69) is 4.98 Å². The van der Waals surface area contributed by atoms with Crippen LogP contribution in [0.3, 0.4) is 0 Å². The van der Waals surface area contributed by atoms with E-state index < -0.39 is 35.9 Å². The van der Waals surface area contributed by atoms with Crippen LogP contribution in [0.5, 0.6) is 0 Å². The molecule has 0 fully saturated rings. The van der Waals surface area contributed by atoms with Crippen molar-refractivity contribution in [2.24, 2.45) is 0 Å². The Kier molecular flexibility index (Phi) is 4.22. The summed E-state index contributed by atoms with van der Waals surface area (Å²) in [5.41, 5.74) is -1.40. The van der Waals surface area contributed by atoms with Crippen LogP contribution in [0.2, 0.25) is 0 Å². The van der Waals surface area contributed by atoms with Crippen molar-refractivity contribution in [1.29, 1.82) is 0 Å². The molecule has 7 heteroatoms. The number of alkyl halides is 3. The van der Waals surface area contributed by atoms with Gasteiger partial charge in [-0.2, -0.15) is 13.2 Å². The number of hydrogen-bond acceptors (Lipinski definition) is 2. The van der Waals surface area contributed by atoms with E-state index >= 15 is 0 Å². The van der Waals surface area contributed by atoms with Gasteiger partial charge in [0.15, 0.2) is 0 Å². The number of aliphatic hydroxyl groups is 1. The molecule has 1 aromatic carbocycles. The molecule has 0 aliphatic rings. The van der Waals surface area contributed by atoms with E-state index in [1.165, 1.54) is 6.07 Å². The standard InChI is InChI=1S/C14H10F5NO/c15-10-2-1-3-11(16)9(10)6-13(21)12-5-4-8(7-20-12)14(17,18)19/h1-5,7,13,21H,6H2. The van der Waals surface area contributed by atoms with Crippen LogP contribution in [0.25, 0.3) is 0 Å². The summed E-state index contributed by atoms with van der Waals surface area (Å²) in [4.78, 5) is 3.49. The Balaban J connectivity index is 2.19.